The van der Waals surface area contributed by atoms with Gasteiger partial charge in [0.15, 0.2) is 0 Å². The molecule has 0 fully saturated rings. The van der Waals surface area contributed by atoms with Gasteiger partial charge in [-0.1, -0.05) is 42.5 Å². The third kappa shape index (κ3) is 5.00. The Kier molecular flexibility index (Phi) is 6.68. The van der Waals surface area contributed by atoms with Gasteiger partial charge in [0.2, 0.25) is 5.95 Å². The summed E-state index contributed by atoms with van der Waals surface area (Å²) in [6.07, 6.45) is 3.19. The van der Waals surface area contributed by atoms with Gasteiger partial charge in [0, 0.05) is 17.9 Å². The maximum atomic E-state index is 10.2. The number of aliphatic hydroxyl groups is 1. The van der Waals surface area contributed by atoms with Crippen LogP contribution in [-0.4, -0.2) is 54.0 Å². The standard InChI is InChI=1S/C27H25BN8O4/c1-27(2)22-18(28(38)40-27)11-12-21(32-22)33-26-30-14-17(24-35-36-25(39-24)19-10-6-7-13-29-19)23(34-26)31-20(15-37)16-8-4-3-5-9-16/h3-14,20,37-38H,15H2,1-2H3,(H2,30,31,32,33,34)/t20-/m1/s1. The predicted molar refractivity (Wildman–Crippen MR) is 148 cm³/mol. The second kappa shape index (κ2) is 10.5. The SMILES string of the molecule is CC1(C)OB(O)c2ccc(Nc3ncc(-c4nnc(-c5ccccn5)o4)c(N[C@H](CO)c4ccccc4)n3)nc21. The van der Waals surface area contributed by atoms with E-state index in [1.807, 2.05) is 50.2 Å². The van der Waals surface area contributed by atoms with Gasteiger partial charge in [0.1, 0.15) is 17.3 Å². The molecule has 12 nitrogen and oxygen atoms in total. The molecule has 0 amide bonds. The average molecular weight is 536 g/mol. The number of benzene rings is 1. The molecule has 4 N–H and O–H groups in total. The minimum atomic E-state index is -1.03. The summed E-state index contributed by atoms with van der Waals surface area (Å²) >= 11 is 0. The maximum Gasteiger partial charge on any atom is 0.493 e. The van der Waals surface area contributed by atoms with E-state index in [0.717, 1.165) is 5.56 Å². The fourth-order valence-electron chi connectivity index (χ4n) is 4.45. The quantitative estimate of drug-likeness (QED) is 0.215. The lowest BCUT2D eigenvalue weighted by Gasteiger charge is -2.20. The van der Waals surface area contributed by atoms with Gasteiger partial charge >= 0.3 is 7.12 Å². The highest BCUT2D eigenvalue weighted by Crippen LogP contribution is 2.32. The molecule has 0 saturated carbocycles. The van der Waals surface area contributed by atoms with Crippen LogP contribution in [0.3, 0.4) is 0 Å². The lowest BCUT2D eigenvalue weighted by Crippen LogP contribution is -2.28. The lowest BCUT2D eigenvalue weighted by molar-refractivity contribution is 0.0970. The van der Waals surface area contributed by atoms with Crippen molar-refractivity contribution in [2.45, 2.75) is 25.5 Å². The van der Waals surface area contributed by atoms with Crippen LogP contribution >= 0.6 is 0 Å². The molecule has 0 bridgehead atoms. The van der Waals surface area contributed by atoms with Crippen molar-refractivity contribution in [3.05, 3.63) is 84.3 Å². The van der Waals surface area contributed by atoms with Gasteiger partial charge < -0.3 is 29.8 Å². The third-order valence-electron chi connectivity index (χ3n) is 6.43. The Morgan fingerprint density at radius 1 is 0.950 bits per heavy atom. The first-order valence-corrected chi connectivity index (χ1v) is 12.6. The first-order chi connectivity index (χ1) is 19.4. The summed E-state index contributed by atoms with van der Waals surface area (Å²) in [5.74, 6) is 1.50. The first kappa shape index (κ1) is 25.6. The number of nitrogens with zero attached hydrogens (tertiary/aromatic N) is 6. The highest BCUT2D eigenvalue weighted by atomic mass is 16.5. The molecule has 40 heavy (non-hydrogen) atoms. The zero-order chi connectivity index (χ0) is 27.7. The van der Waals surface area contributed by atoms with E-state index in [4.69, 9.17) is 9.07 Å². The number of anilines is 3. The molecule has 5 aromatic rings. The van der Waals surface area contributed by atoms with Crippen molar-refractivity contribution in [1.29, 1.82) is 0 Å². The fraction of sp³-hybridized carbons (Fsp3) is 0.185. The zero-order valence-corrected chi connectivity index (χ0v) is 21.7. The summed E-state index contributed by atoms with van der Waals surface area (Å²) in [7, 11) is -1.03. The largest absolute Gasteiger partial charge is 0.493 e. The number of nitrogens with one attached hydrogen (secondary N) is 2. The van der Waals surface area contributed by atoms with Crippen LogP contribution in [0, 0.1) is 0 Å². The number of rotatable bonds is 8. The van der Waals surface area contributed by atoms with Crippen LogP contribution in [0.25, 0.3) is 23.0 Å². The molecule has 1 atom stereocenters. The van der Waals surface area contributed by atoms with E-state index in [2.05, 4.69) is 40.8 Å². The first-order valence-electron chi connectivity index (χ1n) is 12.6. The summed E-state index contributed by atoms with van der Waals surface area (Å²) in [4.78, 5) is 18.0. The topological polar surface area (TPSA) is 164 Å². The van der Waals surface area contributed by atoms with Crippen LogP contribution in [0.5, 0.6) is 0 Å². The highest BCUT2D eigenvalue weighted by Gasteiger charge is 2.42. The van der Waals surface area contributed by atoms with E-state index in [1.54, 1.807) is 36.7 Å². The molecule has 1 aliphatic heterocycles. The maximum absolute atomic E-state index is 10.2. The van der Waals surface area contributed by atoms with Gasteiger partial charge in [0.25, 0.3) is 11.8 Å². The van der Waals surface area contributed by atoms with Gasteiger partial charge in [-0.2, -0.15) is 4.98 Å². The minimum absolute atomic E-state index is 0.183. The Morgan fingerprint density at radius 2 is 1.75 bits per heavy atom. The molecular weight excluding hydrogens is 511 g/mol. The molecular formula is C27H25BN8O4. The molecule has 13 heteroatoms. The molecule has 0 spiro atoms. The van der Waals surface area contributed by atoms with E-state index in [-0.39, 0.29) is 24.3 Å². The molecule has 6 rings (SSSR count). The Balaban J connectivity index is 1.36. The number of hydrogen-bond donors (Lipinski definition) is 4. The number of pyridine rings is 2. The normalized spacial score (nSPS) is 14.6. The van der Waals surface area contributed by atoms with Gasteiger partial charge in [-0.25, -0.2) is 9.97 Å². The van der Waals surface area contributed by atoms with Crippen LogP contribution < -0.4 is 16.1 Å². The summed E-state index contributed by atoms with van der Waals surface area (Å²) < 4.78 is 11.5. The number of fused-ring (bicyclic) bond motifs is 1. The van der Waals surface area contributed by atoms with Crippen molar-refractivity contribution in [3.63, 3.8) is 0 Å². The number of aromatic nitrogens is 6. The van der Waals surface area contributed by atoms with Crippen LogP contribution in [0.2, 0.25) is 0 Å². The molecule has 0 aliphatic carbocycles. The minimum Gasteiger partial charge on any atom is -0.423 e. The number of aliphatic hydroxyl groups excluding tert-OH is 1. The Bertz CT molecular complexity index is 1630. The molecule has 4 aromatic heterocycles. The molecule has 0 radical (unpaired) electrons. The van der Waals surface area contributed by atoms with Crippen molar-refractivity contribution in [2.75, 3.05) is 17.2 Å². The highest BCUT2D eigenvalue weighted by molar-refractivity contribution is 6.61. The van der Waals surface area contributed by atoms with Gasteiger partial charge in [-0.15, -0.1) is 10.2 Å². The lowest BCUT2D eigenvalue weighted by atomic mass is 9.80. The smallest absolute Gasteiger partial charge is 0.423 e. The van der Waals surface area contributed by atoms with Gasteiger partial charge in [-0.05, 0) is 37.6 Å². The van der Waals surface area contributed by atoms with Crippen LogP contribution in [0.1, 0.15) is 31.1 Å². The van der Waals surface area contributed by atoms with E-state index in [1.165, 1.54) is 0 Å². The van der Waals surface area contributed by atoms with E-state index in [0.29, 0.717) is 34.0 Å². The second-order valence-electron chi connectivity index (χ2n) is 9.61. The third-order valence-corrected chi connectivity index (χ3v) is 6.43. The van der Waals surface area contributed by atoms with Crippen LogP contribution in [-0.2, 0) is 10.3 Å². The van der Waals surface area contributed by atoms with Crippen LogP contribution in [0.4, 0.5) is 17.6 Å². The van der Waals surface area contributed by atoms with E-state index >= 15 is 0 Å². The van der Waals surface area contributed by atoms with Crippen LogP contribution in [0.15, 0.2) is 77.5 Å². The molecule has 0 unspecified atom stereocenters. The monoisotopic (exact) mass is 536 g/mol. The Hall–Kier alpha value is -4.72. The van der Waals surface area contributed by atoms with Crippen molar-refractivity contribution in [2.24, 2.45) is 0 Å². The molecule has 5 heterocycles. The van der Waals surface area contributed by atoms with E-state index < -0.39 is 18.8 Å². The average Bonchev–Trinajstić information content (AvgIpc) is 3.55. The summed E-state index contributed by atoms with van der Waals surface area (Å²) in [6.45, 7) is 3.49. The molecule has 1 aromatic carbocycles. The number of hydrogen-bond acceptors (Lipinski definition) is 12. The summed E-state index contributed by atoms with van der Waals surface area (Å²) in [6, 6.07) is 17.9. The van der Waals surface area contributed by atoms with Crippen molar-refractivity contribution in [1.82, 2.24) is 30.1 Å². The van der Waals surface area contributed by atoms with E-state index in [9.17, 15) is 10.1 Å². The molecule has 200 valence electrons. The van der Waals surface area contributed by atoms with Gasteiger partial charge in [-0.3, -0.25) is 4.98 Å². The van der Waals surface area contributed by atoms with Crippen molar-refractivity contribution in [3.8, 4) is 23.0 Å². The summed E-state index contributed by atoms with van der Waals surface area (Å²) in [5, 5.41) is 35.1. The predicted octanol–water partition coefficient (Wildman–Crippen LogP) is 2.83. The van der Waals surface area contributed by atoms with Crippen molar-refractivity contribution >= 4 is 30.2 Å². The Morgan fingerprint density at radius 3 is 2.52 bits per heavy atom. The molecule has 1 aliphatic rings. The molecule has 0 saturated heterocycles. The second-order valence-corrected chi connectivity index (χ2v) is 9.61. The summed E-state index contributed by atoms with van der Waals surface area (Å²) in [5.41, 5.74) is 2.32. The fourth-order valence-corrected chi connectivity index (χ4v) is 4.45. The Labute approximate surface area is 229 Å². The van der Waals surface area contributed by atoms with Gasteiger partial charge in [0.05, 0.1) is 29.5 Å². The zero-order valence-electron chi connectivity index (χ0n) is 21.7. The van der Waals surface area contributed by atoms with Crippen molar-refractivity contribution < 1.29 is 19.2 Å².